The summed E-state index contributed by atoms with van der Waals surface area (Å²) in [6.45, 7) is 6.64. The molecular weight excluding hydrogens is 230 g/mol. The molecule has 1 atom stereocenters. The van der Waals surface area contributed by atoms with E-state index in [0.29, 0.717) is 32.5 Å². The Balaban J connectivity index is 2.02. The van der Waals surface area contributed by atoms with Crippen LogP contribution in [-0.4, -0.2) is 52.7 Å². The standard InChI is InChI=1S/C14H29NO3/c1-3-15-14(13-6-4-5-7-13)12-18-11-10-17-9-8-16-2/h13-15H,3-12H2,1-2H3. The molecule has 1 fully saturated rings. The van der Waals surface area contributed by atoms with Crippen molar-refractivity contribution in [2.45, 2.75) is 38.6 Å². The number of likely N-dealkylation sites (N-methyl/N-ethyl adjacent to an activating group) is 1. The van der Waals surface area contributed by atoms with Gasteiger partial charge < -0.3 is 19.5 Å². The van der Waals surface area contributed by atoms with Crippen LogP contribution in [0, 0.1) is 5.92 Å². The van der Waals surface area contributed by atoms with Crippen molar-refractivity contribution in [1.82, 2.24) is 5.32 Å². The third-order valence-electron chi connectivity index (χ3n) is 3.54. The first-order valence-electron chi connectivity index (χ1n) is 7.26. The molecule has 0 bridgehead atoms. The largest absolute Gasteiger partial charge is 0.382 e. The smallest absolute Gasteiger partial charge is 0.0701 e. The zero-order chi connectivity index (χ0) is 13.1. The molecule has 1 aliphatic rings. The minimum absolute atomic E-state index is 0.525. The quantitative estimate of drug-likeness (QED) is 0.575. The fourth-order valence-electron chi connectivity index (χ4n) is 2.56. The van der Waals surface area contributed by atoms with Crippen LogP contribution in [0.25, 0.3) is 0 Å². The van der Waals surface area contributed by atoms with E-state index in [1.807, 2.05) is 0 Å². The molecule has 4 heteroatoms. The Kier molecular flexibility index (Phi) is 9.48. The Morgan fingerprint density at radius 3 is 2.39 bits per heavy atom. The van der Waals surface area contributed by atoms with Crippen LogP contribution in [-0.2, 0) is 14.2 Å². The van der Waals surface area contributed by atoms with Gasteiger partial charge in [-0.05, 0) is 25.3 Å². The Labute approximate surface area is 111 Å². The average Bonchev–Trinajstić information content (AvgIpc) is 2.90. The molecule has 0 aliphatic heterocycles. The summed E-state index contributed by atoms with van der Waals surface area (Å²) in [5.74, 6) is 0.805. The normalized spacial score (nSPS) is 18.3. The van der Waals surface area contributed by atoms with Crippen molar-refractivity contribution in [2.24, 2.45) is 5.92 Å². The molecule has 1 saturated carbocycles. The summed E-state index contributed by atoms with van der Waals surface area (Å²) >= 11 is 0. The SMILES string of the molecule is CCNC(COCCOCCOC)C1CCCC1. The molecule has 0 amide bonds. The first-order valence-corrected chi connectivity index (χ1v) is 7.26. The summed E-state index contributed by atoms with van der Waals surface area (Å²) in [4.78, 5) is 0. The van der Waals surface area contributed by atoms with Crippen molar-refractivity contribution in [3.8, 4) is 0 Å². The van der Waals surface area contributed by atoms with E-state index in [0.717, 1.165) is 19.1 Å². The molecule has 0 aromatic rings. The maximum absolute atomic E-state index is 5.71. The molecule has 0 spiro atoms. The maximum atomic E-state index is 5.71. The third-order valence-corrected chi connectivity index (χ3v) is 3.54. The Morgan fingerprint density at radius 2 is 1.72 bits per heavy atom. The number of methoxy groups -OCH3 is 1. The minimum atomic E-state index is 0.525. The van der Waals surface area contributed by atoms with Gasteiger partial charge >= 0.3 is 0 Å². The van der Waals surface area contributed by atoms with Gasteiger partial charge in [-0.3, -0.25) is 0 Å². The summed E-state index contributed by atoms with van der Waals surface area (Å²) in [6, 6.07) is 0.525. The highest BCUT2D eigenvalue weighted by atomic mass is 16.5. The molecule has 18 heavy (non-hydrogen) atoms. The number of ether oxygens (including phenoxy) is 3. The second-order valence-electron chi connectivity index (χ2n) is 4.89. The summed E-state index contributed by atoms with van der Waals surface area (Å²) in [5.41, 5.74) is 0. The van der Waals surface area contributed by atoms with Crippen LogP contribution >= 0.6 is 0 Å². The van der Waals surface area contributed by atoms with Crippen LogP contribution in [0.1, 0.15) is 32.6 Å². The maximum Gasteiger partial charge on any atom is 0.0701 e. The molecule has 0 aromatic carbocycles. The van der Waals surface area contributed by atoms with Gasteiger partial charge in [-0.15, -0.1) is 0 Å². The van der Waals surface area contributed by atoms with E-state index in [9.17, 15) is 0 Å². The van der Waals surface area contributed by atoms with Crippen LogP contribution < -0.4 is 5.32 Å². The highest BCUT2D eigenvalue weighted by molar-refractivity contribution is 4.80. The fourth-order valence-corrected chi connectivity index (χ4v) is 2.56. The van der Waals surface area contributed by atoms with E-state index in [2.05, 4.69) is 12.2 Å². The average molecular weight is 259 g/mol. The molecule has 0 radical (unpaired) electrons. The lowest BCUT2D eigenvalue weighted by atomic mass is 9.99. The van der Waals surface area contributed by atoms with Gasteiger partial charge in [0, 0.05) is 13.2 Å². The molecule has 0 aromatic heterocycles. The van der Waals surface area contributed by atoms with E-state index in [4.69, 9.17) is 14.2 Å². The van der Waals surface area contributed by atoms with Crippen molar-refractivity contribution in [2.75, 3.05) is 46.7 Å². The van der Waals surface area contributed by atoms with Crippen molar-refractivity contribution >= 4 is 0 Å². The summed E-state index contributed by atoms with van der Waals surface area (Å²) in [5, 5.41) is 3.55. The van der Waals surface area contributed by atoms with Gasteiger partial charge in [-0.25, -0.2) is 0 Å². The first kappa shape index (κ1) is 15.9. The Hall–Kier alpha value is -0.160. The van der Waals surface area contributed by atoms with Gasteiger partial charge in [0.25, 0.3) is 0 Å². The van der Waals surface area contributed by atoms with E-state index in [1.165, 1.54) is 25.7 Å². The minimum Gasteiger partial charge on any atom is -0.382 e. The van der Waals surface area contributed by atoms with Crippen molar-refractivity contribution in [3.05, 3.63) is 0 Å². The van der Waals surface area contributed by atoms with Gasteiger partial charge in [-0.1, -0.05) is 19.8 Å². The second-order valence-corrected chi connectivity index (χ2v) is 4.89. The monoisotopic (exact) mass is 259 g/mol. The molecule has 1 rings (SSSR count). The number of hydrogen-bond acceptors (Lipinski definition) is 4. The predicted molar refractivity (Wildman–Crippen MR) is 72.9 cm³/mol. The molecule has 108 valence electrons. The Morgan fingerprint density at radius 1 is 1.06 bits per heavy atom. The van der Waals surface area contributed by atoms with Gasteiger partial charge in [0.2, 0.25) is 0 Å². The summed E-state index contributed by atoms with van der Waals surface area (Å²) < 4.78 is 16.0. The predicted octanol–water partition coefficient (Wildman–Crippen LogP) is 1.83. The number of rotatable bonds is 11. The van der Waals surface area contributed by atoms with Gasteiger partial charge in [0.15, 0.2) is 0 Å². The summed E-state index contributed by atoms with van der Waals surface area (Å²) in [7, 11) is 1.68. The highest BCUT2D eigenvalue weighted by Crippen LogP contribution is 2.27. The lowest BCUT2D eigenvalue weighted by Crippen LogP contribution is -2.39. The highest BCUT2D eigenvalue weighted by Gasteiger charge is 2.24. The van der Waals surface area contributed by atoms with Crippen LogP contribution in [0.3, 0.4) is 0 Å². The van der Waals surface area contributed by atoms with E-state index < -0.39 is 0 Å². The van der Waals surface area contributed by atoms with E-state index in [-0.39, 0.29) is 0 Å². The first-order chi connectivity index (χ1) is 8.88. The lowest BCUT2D eigenvalue weighted by molar-refractivity contribution is 0.0153. The topological polar surface area (TPSA) is 39.7 Å². The molecular formula is C14H29NO3. The van der Waals surface area contributed by atoms with Crippen molar-refractivity contribution < 1.29 is 14.2 Å². The lowest BCUT2D eigenvalue weighted by Gasteiger charge is -2.24. The molecule has 0 saturated heterocycles. The van der Waals surface area contributed by atoms with Crippen LogP contribution in [0.2, 0.25) is 0 Å². The van der Waals surface area contributed by atoms with Crippen molar-refractivity contribution in [1.29, 1.82) is 0 Å². The molecule has 1 unspecified atom stereocenters. The molecule has 4 nitrogen and oxygen atoms in total. The number of nitrogens with one attached hydrogen (secondary N) is 1. The van der Waals surface area contributed by atoms with E-state index in [1.54, 1.807) is 7.11 Å². The summed E-state index contributed by atoms with van der Waals surface area (Å²) in [6.07, 6.45) is 5.47. The van der Waals surface area contributed by atoms with Gasteiger partial charge in [0.05, 0.1) is 33.0 Å². The second kappa shape index (κ2) is 10.7. The van der Waals surface area contributed by atoms with Crippen LogP contribution in [0.5, 0.6) is 0 Å². The van der Waals surface area contributed by atoms with Crippen molar-refractivity contribution in [3.63, 3.8) is 0 Å². The van der Waals surface area contributed by atoms with Gasteiger partial charge in [-0.2, -0.15) is 0 Å². The molecule has 1 aliphatic carbocycles. The molecule has 0 heterocycles. The zero-order valence-electron chi connectivity index (χ0n) is 12.0. The zero-order valence-corrected chi connectivity index (χ0v) is 12.0. The van der Waals surface area contributed by atoms with Crippen LogP contribution in [0.15, 0.2) is 0 Å². The molecule has 1 N–H and O–H groups in total. The third kappa shape index (κ3) is 6.69. The van der Waals surface area contributed by atoms with E-state index >= 15 is 0 Å². The van der Waals surface area contributed by atoms with Gasteiger partial charge in [0.1, 0.15) is 0 Å². The van der Waals surface area contributed by atoms with Crippen LogP contribution in [0.4, 0.5) is 0 Å². The number of hydrogen-bond donors (Lipinski definition) is 1. The Bertz CT molecular complexity index is 184. The fraction of sp³-hybridized carbons (Fsp3) is 1.00.